The second kappa shape index (κ2) is 8.65. The summed E-state index contributed by atoms with van der Waals surface area (Å²) in [7, 11) is 1.65. The SMILES string of the molecule is COc1cccc(N2C(=S)N[C@H](c3ccccn3)[C@@H]2c2ccc(-c3ccc(Cl)cc3)o2)c1. The van der Waals surface area contributed by atoms with E-state index in [0.29, 0.717) is 10.1 Å². The number of thiocarbonyl (C=S) groups is 1. The number of methoxy groups -OCH3 is 1. The Morgan fingerprint density at radius 3 is 2.62 bits per heavy atom. The van der Waals surface area contributed by atoms with E-state index in [1.54, 1.807) is 13.3 Å². The van der Waals surface area contributed by atoms with E-state index in [4.69, 9.17) is 33.0 Å². The molecular formula is C25H20ClN3O2S. The summed E-state index contributed by atoms with van der Waals surface area (Å²) in [6.45, 7) is 0. The highest BCUT2D eigenvalue weighted by Gasteiger charge is 2.42. The van der Waals surface area contributed by atoms with Crippen molar-refractivity contribution in [2.45, 2.75) is 12.1 Å². The van der Waals surface area contributed by atoms with Gasteiger partial charge < -0.3 is 19.4 Å². The maximum absolute atomic E-state index is 6.36. The summed E-state index contributed by atoms with van der Waals surface area (Å²) in [6.07, 6.45) is 1.78. The third-order valence-electron chi connectivity index (χ3n) is 5.48. The van der Waals surface area contributed by atoms with Gasteiger partial charge in [-0.15, -0.1) is 0 Å². The number of anilines is 1. The fourth-order valence-electron chi connectivity index (χ4n) is 3.96. The molecule has 0 aliphatic carbocycles. The number of pyridine rings is 1. The van der Waals surface area contributed by atoms with Crippen LogP contribution in [0.5, 0.6) is 5.75 Å². The molecule has 2 aromatic heterocycles. The van der Waals surface area contributed by atoms with E-state index >= 15 is 0 Å². The van der Waals surface area contributed by atoms with Gasteiger partial charge in [-0.1, -0.05) is 23.7 Å². The third kappa shape index (κ3) is 3.83. The molecule has 0 amide bonds. The second-order valence-electron chi connectivity index (χ2n) is 7.41. The first-order valence-electron chi connectivity index (χ1n) is 10.1. The molecule has 2 aromatic carbocycles. The summed E-state index contributed by atoms with van der Waals surface area (Å²) in [5.41, 5.74) is 2.75. The summed E-state index contributed by atoms with van der Waals surface area (Å²) in [5.74, 6) is 2.30. The standard InChI is InChI=1S/C25H20ClN3O2S/c1-30-19-6-4-5-18(15-19)29-24(23(28-25(29)32)20-7-2-3-14-27-20)22-13-12-21(31-22)16-8-10-17(26)11-9-16/h2-15,23-24H,1H3,(H,28,32)/t23-,24+/m1/s1. The maximum Gasteiger partial charge on any atom is 0.174 e. The van der Waals surface area contributed by atoms with Crippen LogP contribution in [0, 0.1) is 0 Å². The van der Waals surface area contributed by atoms with E-state index in [1.807, 2.05) is 78.9 Å². The molecule has 32 heavy (non-hydrogen) atoms. The molecule has 0 saturated carbocycles. The van der Waals surface area contributed by atoms with Crippen LogP contribution in [0.3, 0.4) is 0 Å². The molecule has 5 nitrogen and oxygen atoms in total. The smallest absolute Gasteiger partial charge is 0.174 e. The van der Waals surface area contributed by atoms with Crippen molar-refractivity contribution in [2.24, 2.45) is 0 Å². The summed E-state index contributed by atoms with van der Waals surface area (Å²) in [6, 6.07) is 24.8. The molecule has 160 valence electrons. The van der Waals surface area contributed by atoms with Gasteiger partial charge in [0.15, 0.2) is 5.11 Å². The van der Waals surface area contributed by atoms with Gasteiger partial charge in [0.05, 0.1) is 18.8 Å². The van der Waals surface area contributed by atoms with E-state index in [9.17, 15) is 0 Å². The number of rotatable bonds is 5. The predicted octanol–water partition coefficient (Wildman–Crippen LogP) is 6.18. The van der Waals surface area contributed by atoms with Crippen LogP contribution in [0.15, 0.2) is 89.5 Å². The quantitative estimate of drug-likeness (QED) is 0.358. The van der Waals surface area contributed by atoms with Crippen LogP contribution < -0.4 is 15.0 Å². The van der Waals surface area contributed by atoms with Gasteiger partial charge in [-0.2, -0.15) is 0 Å². The molecule has 0 spiro atoms. The zero-order valence-electron chi connectivity index (χ0n) is 17.2. The second-order valence-corrected chi connectivity index (χ2v) is 8.23. The largest absolute Gasteiger partial charge is 0.497 e. The molecule has 0 unspecified atom stereocenters. The van der Waals surface area contributed by atoms with Gasteiger partial charge in [0.25, 0.3) is 0 Å². The normalized spacial score (nSPS) is 17.9. The monoisotopic (exact) mass is 461 g/mol. The molecule has 2 atom stereocenters. The Morgan fingerprint density at radius 2 is 1.88 bits per heavy atom. The van der Waals surface area contributed by atoms with Crippen LogP contribution in [-0.2, 0) is 0 Å². The van der Waals surface area contributed by atoms with Crippen molar-refractivity contribution < 1.29 is 9.15 Å². The van der Waals surface area contributed by atoms with E-state index in [1.165, 1.54) is 0 Å². The number of hydrogen-bond donors (Lipinski definition) is 1. The Morgan fingerprint density at radius 1 is 1.03 bits per heavy atom. The molecule has 0 bridgehead atoms. The molecule has 4 aromatic rings. The van der Waals surface area contributed by atoms with Crippen molar-refractivity contribution >= 4 is 34.6 Å². The minimum absolute atomic E-state index is 0.181. The number of hydrogen-bond acceptors (Lipinski definition) is 4. The van der Waals surface area contributed by atoms with Crippen LogP contribution >= 0.6 is 23.8 Å². The Hall–Kier alpha value is -3.35. The number of aromatic nitrogens is 1. The third-order valence-corrected chi connectivity index (χ3v) is 6.04. The highest BCUT2D eigenvalue weighted by Crippen LogP contribution is 2.43. The summed E-state index contributed by atoms with van der Waals surface area (Å²) >= 11 is 11.8. The van der Waals surface area contributed by atoms with Crippen molar-refractivity contribution in [3.8, 4) is 17.1 Å². The van der Waals surface area contributed by atoms with Gasteiger partial charge in [-0.05, 0) is 72.9 Å². The molecule has 1 N–H and O–H groups in total. The topological polar surface area (TPSA) is 50.5 Å². The first-order chi connectivity index (χ1) is 15.6. The molecule has 1 fully saturated rings. The lowest BCUT2D eigenvalue weighted by Gasteiger charge is -2.26. The fraction of sp³-hybridized carbons (Fsp3) is 0.120. The van der Waals surface area contributed by atoms with Crippen molar-refractivity contribution in [1.82, 2.24) is 10.3 Å². The van der Waals surface area contributed by atoms with Crippen LogP contribution in [-0.4, -0.2) is 17.2 Å². The van der Waals surface area contributed by atoms with Gasteiger partial charge in [-0.25, -0.2) is 0 Å². The molecule has 7 heteroatoms. The number of furan rings is 1. The molecule has 0 radical (unpaired) electrons. The molecule has 1 aliphatic rings. The average molecular weight is 462 g/mol. The highest BCUT2D eigenvalue weighted by atomic mass is 35.5. The highest BCUT2D eigenvalue weighted by molar-refractivity contribution is 7.80. The van der Waals surface area contributed by atoms with E-state index in [-0.39, 0.29) is 12.1 Å². The molecule has 1 aliphatic heterocycles. The molecule has 5 rings (SSSR count). The van der Waals surface area contributed by atoms with E-state index in [2.05, 4.69) is 15.2 Å². The summed E-state index contributed by atoms with van der Waals surface area (Å²) in [4.78, 5) is 6.63. The van der Waals surface area contributed by atoms with Crippen molar-refractivity contribution in [2.75, 3.05) is 12.0 Å². The number of nitrogens with zero attached hydrogens (tertiary/aromatic N) is 2. The number of nitrogens with one attached hydrogen (secondary N) is 1. The first-order valence-corrected chi connectivity index (χ1v) is 10.9. The van der Waals surface area contributed by atoms with Gasteiger partial charge >= 0.3 is 0 Å². The Kier molecular flexibility index (Phi) is 5.55. The van der Waals surface area contributed by atoms with Crippen LogP contribution in [0.4, 0.5) is 5.69 Å². The van der Waals surface area contributed by atoms with Crippen LogP contribution in [0.25, 0.3) is 11.3 Å². The van der Waals surface area contributed by atoms with Crippen LogP contribution in [0.2, 0.25) is 5.02 Å². The van der Waals surface area contributed by atoms with Gasteiger partial charge in [0.1, 0.15) is 23.3 Å². The minimum Gasteiger partial charge on any atom is -0.497 e. The fourth-order valence-corrected chi connectivity index (χ4v) is 4.44. The van der Waals surface area contributed by atoms with E-state index < -0.39 is 0 Å². The number of ether oxygens (including phenoxy) is 1. The van der Waals surface area contributed by atoms with Gasteiger partial charge in [-0.3, -0.25) is 4.98 Å². The molecule has 3 heterocycles. The van der Waals surface area contributed by atoms with Crippen molar-refractivity contribution in [3.63, 3.8) is 0 Å². The van der Waals surface area contributed by atoms with Gasteiger partial charge in [0, 0.05) is 28.5 Å². The first kappa shape index (κ1) is 20.5. The van der Waals surface area contributed by atoms with E-state index in [0.717, 1.165) is 34.2 Å². The maximum atomic E-state index is 6.36. The van der Waals surface area contributed by atoms with Crippen LogP contribution in [0.1, 0.15) is 23.5 Å². The lowest BCUT2D eigenvalue weighted by Crippen LogP contribution is -2.29. The zero-order valence-corrected chi connectivity index (χ0v) is 18.8. The predicted molar refractivity (Wildman–Crippen MR) is 130 cm³/mol. The number of halogens is 1. The summed E-state index contributed by atoms with van der Waals surface area (Å²) in [5, 5.41) is 4.72. The Bertz CT molecular complexity index is 1240. The molecular weight excluding hydrogens is 442 g/mol. The lowest BCUT2D eigenvalue weighted by molar-refractivity contribution is 0.414. The number of benzene rings is 2. The van der Waals surface area contributed by atoms with Crippen molar-refractivity contribution in [1.29, 1.82) is 0 Å². The summed E-state index contributed by atoms with van der Waals surface area (Å²) < 4.78 is 11.8. The lowest BCUT2D eigenvalue weighted by atomic mass is 10.0. The zero-order chi connectivity index (χ0) is 22.1. The van der Waals surface area contributed by atoms with Crippen molar-refractivity contribution in [3.05, 3.63) is 102 Å². The Balaban J connectivity index is 1.59. The van der Waals surface area contributed by atoms with Gasteiger partial charge in [0.2, 0.25) is 0 Å². The minimum atomic E-state index is -0.231. The average Bonchev–Trinajstić information content (AvgIpc) is 3.45. The Labute approximate surface area is 196 Å². The molecule has 1 saturated heterocycles.